The number of imidazole rings is 1. The molecular formula is C12H17N3O2. The summed E-state index contributed by atoms with van der Waals surface area (Å²) in [5.74, 6) is 0.855. The molecule has 0 fully saturated rings. The van der Waals surface area contributed by atoms with E-state index in [0.29, 0.717) is 19.6 Å². The summed E-state index contributed by atoms with van der Waals surface area (Å²) >= 11 is 0. The van der Waals surface area contributed by atoms with Crippen LogP contribution >= 0.6 is 0 Å². The maximum atomic E-state index is 8.93. The zero-order valence-electron chi connectivity index (χ0n) is 9.63. The van der Waals surface area contributed by atoms with Crippen LogP contribution < -0.4 is 0 Å². The molecule has 0 bridgehead atoms. The molecule has 1 aromatic carbocycles. The Morgan fingerprint density at radius 1 is 1.12 bits per heavy atom. The van der Waals surface area contributed by atoms with Gasteiger partial charge in [-0.1, -0.05) is 12.1 Å². The first kappa shape index (κ1) is 12.0. The number of benzene rings is 1. The van der Waals surface area contributed by atoms with E-state index in [-0.39, 0.29) is 13.2 Å². The maximum absolute atomic E-state index is 8.93. The molecule has 0 aliphatic rings. The molecule has 3 N–H and O–H groups in total. The smallest absolute Gasteiger partial charge is 0.121 e. The minimum Gasteiger partial charge on any atom is -0.395 e. The summed E-state index contributed by atoms with van der Waals surface area (Å²) < 4.78 is 0. The van der Waals surface area contributed by atoms with Gasteiger partial charge in [-0.3, -0.25) is 4.90 Å². The highest BCUT2D eigenvalue weighted by Gasteiger charge is 2.08. The van der Waals surface area contributed by atoms with Gasteiger partial charge >= 0.3 is 0 Å². The van der Waals surface area contributed by atoms with Crippen LogP contribution in [-0.2, 0) is 6.54 Å². The van der Waals surface area contributed by atoms with Crippen LogP contribution in [0.1, 0.15) is 5.82 Å². The van der Waals surface area contributed by atoms with E-state index in [2.05, 4.69) is 9.97 Å². The van der Waals surface area contributed by atoms with Crippen molar-refractivity contribution in [1.29, 1.82) is 0 Å². The van der Waals surface area contributed by atoms with Crippen molar-refractivity contribution in [1.82, 2.24) is 14.9 Å². The van der Waals surface area contributed by atoms with E-state index < -0.39 is 0 Å². The number of aliphatic hydroxyl groups is 2. The summed E-state index contributed by atoms with van der Waals surface area (Å²) in [6.45, 7) is 1.85. The van der Waals surface area contributed by atoms with Crippen LogP contribution in [0.25, 0.3) is 11.0 Å². The third kappa shape index (κ3) is 3.03. The van der Waals surface area contributed by atoms with Crippen molar-refractivity contribution >= 4 is 11.0 Å². The van der Waals surface area contributed by atoms with Gasteiger partial charge in [0.05, 0.1) is 30.8 Å². The number of aliphatic hydroxyl groups excluding tert-OH is 2. The lowest BCUT2D eigenvalue weighted by Crippen LogP contribution is -2.29. The molecule has 0 spiro atoms. The predicted octanol–water partition coefficient (Wildman–Crippen LogP) is 0.349. The summed E-state index contributed by atoms with van der Waals surface area (Å²) in [5.41, 5.74) is 1.95. The van der Waals surface area contributed by atoms with Gasteiger partial charge in [0.25, 0.3) is 0 Å². The Bertz CT molecular complexity index is 430. The number of fused-ring (bicyclic) bond motifs is 1. The highest BCUT2D eigenvalue weighted by atomic mass is 16.3. The molecule has 0 radical (unpaired) electrons. The molecule has 0 saturated heterocycles. The highest BCUT2D eigenvalue weighted by molar-refractivity contribution is 5.74. The minimum atomic E-state index is 0.0836. The third-order valence-electron chi connectivity index (χ3n) is 2.64. The Hall–Kier alpha value is -1.43. The Balaban J connectivity index is 2.10. The Labute approximate surface area is 99.7 Å². The van der Waals surface area contributed by atoms with Crippen LogP contribution in [0.15, 0.2) is 24.3 Å². The molecule has 0 amide bonds. The standard InChI is InChI=1S/C12H17N3O2/c16-7-5-15(6-8-17)9-12-13-10-3-1-2-4-11(10)14-12/h1-4,16-17H,5-9H2,(H,13,14). The maximum Gasteiger partial charge on any atom is 0.121 e. The first-order chi connectivity index (χ1) is 8.33. The van der Waals surface area contributed by atoms with Gasteiger partial charge in [-0.2, -0.15) is 0 Å². The van der Waals surface area contributed by atoms with Crippen molar-refractivity contribution < 1.29 is 10.2 Å². The first-order valence-corrected chi connectivity index (χ1v) is 5.71. The number of hydrogen-bond acceptors (Lipinski definition) is 4. The fourth-order valence-corrected chi connectivity index (χ4v) is 1.85. The summed E-state index contributed by atoms with van der Waals surface area (Å²) in [6.07, 6.45) is 0. The number of hydrogen-bond donors (Lipinski definition) is 3. The number of nitrogens with one attached hydrogen (secondary N) is 1. The van der Waals surface area contributed by atoms with Crippen molar-refractivity contribution in [2.75, 3.05) is 26.3 Å². The topological polar surface area (TPSA) is 72.4 Å². The summed E-state index contributed by atoms with van der Waals surface area (Å²) in [6, 6.07) is 7.85. The van der Waals surface area contributed by atoms with Gasteiger partial charge < -0.3 is 15.2 Å². The second-order valence-electron chi connectivity index (χ2n) is 3.92. The number of aromatic nitrogens is 2. The van der Waals surface area contributed by atoms with Gasteiger partial charge in [-0.25, -0.2) is 4.98 Å². The zero-order valence-corrected chi connectivity index (χ0v) is 9.63. The SMILES string of the molecule is OCCN(CCO)Cc1nc2ccccc2[nH]1. The molecule has 17 heavy (non-hydrogen) atoms. The third-order valence-corrected chi connectivity index (χ3v) is 2.64. The average molecular weight is 235 g/mol. The molecule has 5 nitrogen and oxygen atoms in total. The molecule has 1 aromatic heterocycles. The Kier molecular flexibility index (Phi) is 4.08. The van der Waals surface area contributed by atoms with E-state index in [1.807, 2.05) is 29.2 Å². The summed E-state index contributed by atoms with van der Waals surface area (Å²) in [4.78, 5) is 9.64. The average Bonchev–Trinajstić information content (AvgIpc) is 2.71. The number of rotatable bonds is 6. The van der Waals surface area contributed by atoms with E-state index in [0.717, 1.165) is 16.9 Å². The quantitative estimate of drug-likeness (QED) is 0.675. The second-order valence-corrected chi connectivity index (χ2v) is 3.92. The van der Waals surface area contributed by atoms with Crippen molar-refractivity contribution in [2.24, 2.45) is 0 Å². The van der Waals surface area contributed by atoms with Crippen LogP contribution in [0.4, 0.5) is 0 Å². The van der Waals surface area contributed by atoms with E-state index in [4.69, 9.17) is 10.2 Å². The summed E-state index contributed by atoms with van der Waals surface area (Å²) in [7, 11) is 0. The molecule has 5 heteroatoms. The molecule has 0 aliphatic carbocycles. The van der Waals surface area contributed by atoms with Gasteiger partial charge in [0.1, 0.15) is 5.82 Å². The molecule has 2 rings (SSSR count). The predicted molar refractivity (Wildman–Crippen MR) is 65.5 cm³/mol. The molecule has 0 atom stereocenters. The van der Waals surface area contributed by atoms with Crippen molar-refractivity contribution in [2.45, 2.75) is 6.54 Å². The van der Waals surface area contributed by atoms with Crippen LogP contribution in [0.5, 0.6) is 0 Å². The van der Waals surface area contributed by atoms with E-state index in [1.165, 1.54) is 0 Å². The van der Waals surface area contributed by atoms with Crippen molar-refractivity contribution in [3.63, 3.8) is 0 Å². The van der Waals surface area contributed by atoms with Crippen molar-refractivity contribution in [3.8, 4) is 0 Å². The van der Waals surface area contributed by atoms with Gasteiger partial charge in [-0.15, -0.1) is 0 Å². The Morgan fingerprint density at radius 2 is 1.82 bits per heavy atom. The Morgan fingerprint density at radius 3 is 2.47 bits per heavy atom. The van der Waals surface area contributed by atoms with Crippen molar-refractivity contribution in [3.05, 3.63) is 30.1 Å². The lowest BCUT2D eigenvalue weighted by Gasteiger charge is -2.18. The number of H-pyrrole nitrogens is 1. The van der Waals surface area contributed by atoms with Crippen LogP contribution in [0.3, 0.4) is 0 Å². The van der Waals surface area contributed by atoms with Gasteiger partial charge in [0.15, 0.2) is 0 Å². The van der Waals surface area contributed by atoms with Crippen LogP contribution in [-0.4, -0.2) is 51.4 Å². The minimum absolute atomic E-state index is 0.0836. The van der Waals surface area contributed by atoms with Crippen LogP contribution in [0, 0.1) is 0 Å². The van der Waals surface area contributed by atoms with Gasteiger partial charge in [0, 0.05) is 13.1 Å². The van der Waals surface area contributed by atoms with E-state index in [1.54, 1.807) is 0 Å². The van der Waals surface area contributed by atoms with Crippen LogP contribution in [0.2, 0.25) is 0 Å². The number of nitrogens with zero attached hydrogens (tertiary/aromatic N) is 2. The fourth-order valence-electron chi connectivity index (χ4n) is 1.85. The van der Waals surface area contributed by atoms with E-state index >= 15 is 0 Å². The van der Waals surface area contributed by atoms with Gasteiger partial charge in [-0.05, 0) is 12.1 Å². The molecule has 0 saturated carbocycles. The zero-order chi connectivity index (χ0) is 12.1. The number of para-hydroxylation sites is 2. The molecule has 0 aliphatic heterocycles. The molecule has 2 aromatic rings. The summed E-state index contributed by atoms with van der Waals surface area (Å²) in [5, 5.41) is 17.9. The second kappa shape index (κ2) is 5.77. The van der Waals surface area contributed by atoms with E-state index in [9.17, 15) is 0 Å². The first-order valence-electron chi connectivity index (χ1n) is 5.71. The highest BCUT2D eigenvalue weighted by Crippen LogP contribution is 2.11. The monoisotopic (exact) mass is 235 g/mol. The normalized spacial score (nSPS) is 11.5. The van der Waals surface area contributed by atoms with Gasteiger partial charge in [0.2, 0.25) is 0 Å². The lowest BCUT2D eigenvalue weighted by atomic mass is 10.3. The fraction of sp³-hybridized carbons (Fsp3) is 0.417. The lowest BCUT2D eigenvalue weighted by molar-refractivity contribution is 0.154. The molecular weight excluding hydrogens is 218 g/mol. The largest absolute Gasteiger partial charge is 0.395 e. The molecule has 1 heterocycles. The molecule has 0 unspecified atom stereocenters. The number of aromatic amines is 1. The molecule has 92 valence electrons.